The number of rotatable bonds is 6. The van der Waals surface area contributed by atoms with E-state index in [1.807, 2.05) is 24.3 Å². The smallest absolute Gasteiger partial charge is 0.327 e. The van der Waals surface area contributed by atoms with Crippen molar-refractivity contribution in [3.8, 4) is 5.75 Å². The Hall–Kier alpha value is -1.21. The summed E-state index contributed by atoms with van der Waals surface area (Å²) in [5.74, 6) is 0.636. The average molecular weight is 374 g/mol. The number of carboxylic acid groups (broad SMARTS) is 1. The zero-order valence-corrected chi connectivity index (χ0v) is 13.7. The third-order valence-electron chi connectivity index (χ3n) is 3.11. The predicted molar refractivity (Wildman–Crippen MR) is 84.5 cm³/mol. The van der Waals surface area contributed by atoms with Gasteiger partial charge in [0.15, 0.2) is 0 Å². The monoisotopic (exact) mass is 373 g/mol. The van der Waals surface area contributed by atoms with Crippen molar-refractivity contribution in [2.75, 3.05) is 18.2 Å². The molecule has 1 saturated heterocycles. The minimum absolute atomic E-state index is 0.119. The lowest BCUT2D eigenvalue weighted by Crippen LogP contribution is -2.41. The van der Waals surface area contributed by atoms with Crippen LogP contribution in [-0.2, 0) is 9.59 Å². The highest BCUT2D eigenvalue weighted by molar-refractivity contribution is 9.10. The lowest BCUT2D eigenvalue weighted by atomic mass is 10.2. The second-order valence-electron chi connectivity index (χ2n) is 4.62. The van der Waals surface area contributed by atoms with Crippen LogP contribution in [0.2, 0.25) is 0 Å². The number of thioether (sulfide) groups is 1. The second kappa shape index (κ2) is 7.70. The quantitative estimate of drug-likeness (QED) is 0.776. The van der Waals surface area contributed by atoms with Crippen molar-refractivity contribution >= 4 is 39.6 Å². The standard InChI is InChI=1S/C14H16BrNO4S/c15-10-3-5-11(6-4-10)20-7-1-2-13(17)16-9-21-8-12(16)14(18)19/h3-6,12H,1-2,7-9H2,(H,18,19)/t12-/m0/s1. The van der Waals surface area contributed by atoms with Gasteiger partial charge in [0.25, 0.3) is 0 Å². The first-order valence-corrected chi connectivity index (χ1v) is 8.51. The third kappa shape index (κ3) is 4.64. The van der Waals surface area contributed by atoms with E-state index in [9.17, 15) is 9.59 Å². The zero-order valence-electron chi connectivity index (χ0n) is 11.3. The van der Waals surface area contributed by atoms with Gasteiger partial charge in [-0.1, -0.05) is 15.9 Å². The Labute approximate surface area is 135 Å². The van der Waals surface area contributed by atoms with Gasteiger partial charge < -0.3 is 14.7 Å². The number of nitrogens with zero attached hydrogens (tertiary/aromatic N) is 1. The van der Waals surface area contributed by atoms with E-state index >= 15 is 0 Å². The van der Waals surface area contributed by atoms with Crippen molar-refractivity contribution in [2.45, 2.75) is 18.9 Å². The van der Waals surface area contributed by atoms with E-state index in [0.29, 0.717) is 31.1 Å². The molecule has 0 radical (unpaired) electrons. The Morgan fingerprint density at radius 2 is 2.10 bits per heavy atom. The summed E-state index contributed by atoms with van der Waals surface area (Å²) in [6.07, 6.45) is 0.878. The van der Waals surface area contributed by atoms with Gasteiger partial charge in [-0.05, 0) is 30.7 Å². The Kier molecular flexibility index (Phi) is 5.93. The molecule has 1 aliphatic rings. The molecule has 114 valence electrons. The summed E-state index contributed by atoms with van der Waals surface area (Å²) in [6, 6.07) is 6.79. The van der Waals surface area contributed by atoms with Gasteiger partial charge in [0.2, 0.25) is 5.91 Å². The van der Waals surface area contributed by atoms with Gasteiger partial charge in [0.05, 0.1) is 12.5 Å². The fourth-order valence-electron chi connectivity index (χ4n) is 1.98. The number of halogens is 1. The molecule has 1 N–H and O–H groups in total. The average Bonchev–Trinajstić information content (AvgIpc) is 2.95. The van der Waals surface area contributed by atoms with Gasteiger partial charge in [0.1, 0.15) is 11.8 Å². The number of carbonyl (C=O) groups is 2. The number of carbonyl (C=O) groups excluding carboxylic acids is 1. The van der Waals surface area contributed by atoms with Crippen LogP contribution >= 0.6 is 27.7 Å². The molecule has 0 saturated carbocycles. The second-order valence-corrected chi connectivity index (χ2v) is 6.54. The van der Waals surface area contributed by atoms with Gasteiger partial charge in [0, 0.05) is 16.6 Å². The maximum atomic E-state index is 12.0. The summed E-state index contributed by atoms with van der Waals surface area (Å²) in [5, 5.41) is 9.04. The predicted octanol–water partition coefficient (Wildman–Crippen LogP) is 2.59. The molecule has 1 amide bonds. The minimum Gasteiger partial charge on any atom is -0.494 e. The van der Waals surface area contributed by atoms with Crippen LogP contribution in [0.25, 0.3) is 0 Å². The van der Waals surface area contributed by atoms with Crippen molar-refractivity contribution in [1.29, 1.82) is 0 Å². The molecule has 1 aromatic carbocycles. The van der Waals surface area contributed by atoms with Crippen molar-refractivity contribution in [2.24, 2.45) is 0 Å². The summed E-state index contributed by atoms with van der Waals surface area (Å²) in [4.78, 5) is 24.5. The first kappa shape index (κ1) is 16.2. The van der Waals surface area contributed by atoms with Crippen LogP contribution in [0.15, 0.2) is 28.7 Å². The molecular weight excluding hydrogens is 358 g/mol. The fraction of sp³-hybridized carbons (Fsp3) is 0.429. The van der Waals surface area contributed by atoms with Crippen molar-refractivity contribution in [3.05, 3.63) is 28.7 Å². The summed E-state index contributed by atoms with van der Waals surface area (Å²) in [5.41, 5.74) is 0. The number of benzene rings is 1. The molecule has 7 heteroatoms. The lowest BCUT2D eigenvalue weighted by molar-refractivity contribution is -0.147. The summed E-state index contributed by atoms with van der Waals surface area (Å²) < 4.78 is 6.52. The highest BCUT2D eigenvalue weighted by atomic mass is 79.9. The number of hydrogen-bond donors (Lipinski definition) is 1. The van der Waals surface area contributed by atoms with Crippen molar-refractivity contribution in [1.82, 2.24) is 4.90 Å². The first-order valence-electron chi connectivity index (χ1n) is 6.56. The highest BCUT2D eigenvalue weighted by Crippen LogP contribution is 2.22. The summed E-state index contributed by atoms with van der Waals surface area (Å²) >= 11 is 4.82. The Morgan fingerprint density at radius 3 is 2.76 bits per heavy atom. The number of amides is 1. The van der Waals surface area contributed by atoms with Crippen LogP contribution in [0, 0.1) is 0 Å². The van der Waals surface area contributed by atoms with E-state index in [1.54, 1.807) is 0 Å². The molecular formula is C14H16BrNO4S. The van der Waals surface area contributed by atoms with E-state index < -0.39 is 12.0 Å². The van der Waals surface area contributed by atoms with Gasteiger partial charge in [-0.15, -0.1) is 11.8 Å². The lowest BCUT2D eigenvalue weighted by Gasteiger charge is -2.20. The fourth-order valence-corrected chi connectivity index (χ4v) is 3.42. The van der Waals surface area contributed by atoms with Crippen molar-refractivity contribution < 1.29 is 19.4 Å². The molecule has 1 aliphatic heterocycles. The molecule has 1 fully saturated rings. The van der Waals surface area contributed by atoms with E-state index in [0.717, 1.165) is 10.2 Å². The molecule has 21 heavy (non-hydrogen) atoms. The van der Waals surface area contributed by atoms with Gasteiger partial charge in [-0.3, -0.25) is 4.79 Å². The Morgan fingerprint density at radius 1 is 1.38 bits per heavy atom. The molecule has 0 aliphatic carbocycles. The van der Waals surface area contributed by atoms with Gasteiger partial charge in [-0.2, -0.15) is 0 Å². The molecule has 1 aromatic rings. The first-order chi connectivity index (χ1) is 10.1. The van der Waals surface area contributed by atoms with E-state index in [2.05, 4.69) is 15.9 Å². The van der Waals surface area contributed by atoms with E-state index in [1.165, 1.54) is 16.7 Å². The molecule has 0 spiro atoms. The van der Waals surface area contributed by atoms with E-state index in [4.69, 9.17) is 9.84 Å². The molecule has 0 bridgehead atoms. The third-order valence-corrected chi connectivity index (χ3v) is 4.65. The Bertz CT molecular complexity index is 508. The van der Waals surface area contributed by atoms with Crippen LogP contribution in [0.1, 0.15) is 12.8 Å². The highest BCUT2D eigenvalue weighted by Gasteiger charge is 2.33. The van der Waals surface area contributed by atoms with Gasteiger partial charge in [-0.25, -0.2) is 4.79 Å². The largest absolute Gasteiger partial charge is 0.494 e. The topological polar surface area (TPSA) is 66.8 Å². The summed E-state index contributed by atoms with van der Waals surface area (Å²) in [7, 11) is 0. The molecule has 1 atom stereocenters. The molecule has 0 aromatic heterocycles. The molecule has 2 rings (SSSR count). The molecule has 1 heterocycles. The van der Waals surface area contributed by atoms with Crippen LogP contribution in [0.3, 0.4) is 0 Å². The number of aliphatic carboxylic acids is 1. The molecule has 5 nitrogen and oxygen atoms in total. The zero-order chi connectivity index (χ0) is 15.2. The van der Waals surface area contributed by atoms with Crippen LogP contribution in [0.4, 0.5) is 0 Å². The number of ether oxygens (including phenoxy) is 1. The number of hydrogen-bond acceptors (Lipinski definition) is 4. The van der Waals surface area contributed by atoms with Gasteiger partial charge >= 0.3 is 5.97 Å². The minimum atomic E-state index is -0.931. The maximum absolute atomic E-state index is 12.0. The van der Waals surface area contributed by atoms with Crippen LogP contribution in [-0.4, -0.2) is 46.2 Å². The molecule has 0 unspecified atom stereocenters. The Balaban J connectivity index is 1.72. The van der Waals surface area contributed by atoms with Crippen LogP contribution in [0.5, 0.6) is 5.75 Å². The normalized spacial score (nSPS) is 17.8. The summed E-state index contributed by atoms with van der Waals surface area (Å²) in [6.45, 7) is 0.437. The van der Waals surface area contributed by atoms with Crippen LogP contribution < -0.4 is 4.74 Å². The van der Waals surface area contributed by atoms with Crippen molar-refractivity contribution in [3.63, 3.8) is 0 Å². The maximum Gasteiger partial charge on any atom is 0.327 e. The SMILES string of the molecule is O=C(O)[C@@H]1CSCN1C(=O)CCCOc1ccc(Br)cc1. The van der Waals surface area contributed by atoms with E-state index in [-0.39, 0.29) is 5.91 Å². The number of carboxylic acids is 1.